The van der Waals surface area contributed by atoms with Crippen molar-refractivity contribution < 1.29 is 4.74 Å². The highest BCUT2D eigenvalue weighted by Crippen LogP contribution is 2.22. The van der Waals surface area contributed by atoms with E-state index < -0.39 is 0 Å². The summed E-state index contributed by atoms with van der Waals surface area (Å²) in [6.07, 6.45) is 2.69. The predicted octanol–water partition coefficient (Wildman–Crippen LogP) is 2.47. The maximum absolute atomic E-state index is 5.97. The van der Waals surface area contributed by atoms with Crippen LogP contribution in [0.1, 0.15) is 31.2 Å². The molecule has 19 heavy (non-hydrogen) atoms. The molecule has 3 heteroatoms. The summed E-state index contributed by atoms with van der Waals surface area (Å²) >= 11 is 0. The van der Waals surface area contributed by atoms with Crippen molar-refractivity contribution in [2.75, 3.05) is 33.3 Å². The Morgan fingerprint density at radius 2 is 2.11 bits per heavy atom. The number of likely N-dealkylation sites (tertiary alicyclic amines) is 1. The van der Waals surface area contributed by atoms with Gasteiger partial charge in [0.05, 0.1) is 7.11 Å². The Labute approximate surface area is 116 Å². The van der Waals surface area contributed by atoms with Crippen LogP contribution in [0, 0.1) is 5.92 Å². The number of hydrogen-bond donors (Lipinski definition) is 1. The van der Waals surface area contributed by atoms with Crippen molar-refractivity contribution in [3.05, 3.63) is 29.8 Å². The molecule has 1 heterocycles. The maximum Gasteiger partial charge on any atom is 0.118 e. The van der Waals surface area contributed by atoms with Gasteiger partial charge in [0.15, 0.2) is 0 Å². The van der Waals surface area contributed by atoms with E-state index >= 15 is 0 Å². The molecular weight excluding hydrogens is 236 g/mol. The summed E-state index contributed by atoms with van der Waals surface area (Å²) in [7, 11) is 1.70. The second-order valence-electron chi connectivity index (χ2n) is 5.71. The molecule has 3 nitrogen and oxygen atoms in total. The van der Waals surface area contributed by atoms with Gasteiger partial charge in [-0.05, 0) is 43.0 Å². The largest absolute Gasteiger partial charge is 0.497 e. The lowest BCUT2D eigenvalue weighted by molar-refractivity contribution is 0.175. The van der Waals surface area contributed by atoms with Crippen LogP contribution < -0.4 is 10.5 Å². The molecule has 0 saturated carbocycles. The summed E-state index contributed by atoms with van der Waals surface area (Å²) in [4.78, 5) is 2.57. The van der Waals surface area contributed by atoms with Crippen molar-refractivity contribution in [3.63, 3.8) is 0 Å². The van der Waals surface area contributed by atoms with Crippen LogP contribution in [0.15, 0.2) is 24.3 Å². The van der Waals surface area contributed by atoms with Crippen molar-refractivity contribution >= 4 is 0 Å². The SMILES string of the molecule is COc1ccc(C(CN)CN2CCCC(C)C2)cc1. The summed E-state index contributed by atoms with van der Waals surface area (Å²) in [5.41, 5.74) is 7.29. The summed E-state index contributed by atoms with van der Waals surface area (Å²) in [6, 6.07) is 8.33. The van der Waals surface area contributed by atoms with E-state index in [1.807, 2.05) is 12.1 Å². The van der Waals surface area contributed by atoms with Crippen molar-refractivity contribution in [3.8, 4) is 5.75 Å². The molecular formula is C16H26N2O. The van der Waals surface area contributed by atoms with E-state index in [1.165, 1.54) is 31.5 Å². The molecule has 2 rings (SSSR count). The minimum absolute atomic E-state index is 0.427. The number of nitrogens with zero attached hydrogens (tertiary/aromatic N) is 1. The molecule has 0 radical (unpaired) electrons. The van der Waals surface area contributed by atoms with Crippen molar-refractivity contribution in [2.45, 2.75) is 25.7 Å². The van der Waals surface area contributed by atoms with Crippen LogP contribution in [0.4, 0.5) is 0 Å². The van der Waals surface area contributed by atoms with Gasteiger partial charge in [0.1, 0.15) is 5.75 Å². The fourth-order valence-electron chi connectivity index (χ4n) is 2.96. The molecule has 1 aromatic rings. The van der Waals surface area contributed by atoms with Gasteiger partial charge in [-0.15, -0.1) is 0 Å². The fraction of sp³-hybridized carbons (Fsp3) is 0.625. The predicted molar refractivity (Wildman–Crippen MR) is 79.6 cm³/mol. The summed E-state index contributed by atoms with van der Waals surface area (Å²) in [6.45, 7) is 6.56. The zero-order valence-electron chi connectivity index (χ0n) is 12.1. The molecule has 2 N–H and O–H groups in total. The van der Waals surface area contributed by atoms with E-state index in [4.69, 9.17) is 10.5 Å². The van der Waals surface area contributed by atoms with Gasteiger partial charge in [-0.1, -0.05) is 19.1 Å². The lowest BCUT2D eigenvalue weighted by Gasteiger charge is -2.33. The second-order valence-corrected chi connectivity index (χ2v) is 5.71. The van der Waals surface area contributed by atoms with Gasteiger partial charge in [-0.25, -0.2) is 0 Å². The van der Waals surface area contributed by atoms with Crippen molar-refractivity contribution in [1.82, 2.24) is 4.90 Å². The first-order valence-corrected chi connectivity index (χ1v) is 7.29. The lowest BCUT2D eigenvalue weighted by Crippen LogP contribution is -2.38. The van der Waals surface area contributed by atoms with Gasteiger partial charge >= 0.3 is 0 Å². The Balaban J connectivity index is 1.98. The number of rotatable bonds is 5. The number of ether oxygens (including phenoxy) is 1. The highest BCUT2D eigenvalue weighted by atomic mass is 16.5. The quantitative estimate of drug-likeness (QED) is 0.886. The van der Waals surface area contributed by atoms with Crippen LogP contribution >= 0.6 is 0 Å². The molecule has 2 atom stereocenters. The number of piperidine rings is 1. The van der Waals surface area contributed by atoms with Gasteiger partial charge < -0.3 is 15.4 Å². The Morgan fingerprint density at radius 3 is 2.68 bits per heavy atom. The van der Waals surface area contributed by atoms with E-state index in [0.29, 0.717) is 12.5 Å². The summed E-state index contributed by atoms with van der Waals surface area (Å²) in [5, 5.41) is 0. The molecule has 0 aromatic heterocycles. The zero-order chi connectivity index (χ0) is 13.7. The Bertz CT molecular complexity index is 377. The maximum atomic E-state index is 5.97. The molecule has 0 amide bonds. The summed E-state index contributed by atoms with van der Waals surface area (Å²) < 4.78 is 5.20. The smallest absolute Gasteiger partial charge is 0.118 e. The van der Waals surface area contributed by atoms with Crippen molar-refractivity contribution in [1.29, 1.82) is 0 Å². The van der Waals surface area contributed by atoms with Gasteiger partial charge in [0.2, 0.25) is 0 Å². The van der Waals surface area contributed by atoms with Crippen LogP contribution in [-0.4, -0.2) is 38.2 Å². The van der Waals surface area contributed by atoms with E-state index in [2.05, 4.69) is 24.0 Å². The van der Waals surface area contributed by atoms with Crippen LogP contribution in [0.3, 0.4) is 0 Å². The third kappa shape index (κ3) is 3.95. The lowest BCUT2D eigenvalue weighted by atomic mass is 9.95. The highest BCUT2D eigenvalue weighted by molar-refractivity contribution is 5.29. The standard InChI is InChI=1S/C16H26N2O/c1-13-4-3-9-18(11-13)12-15(10-17)14-5-7-16(19-2)8-6-14/h5-8,13,15H,3-4,9-12,17H2,1-2H3. The normalized spacial score (nSPS) is 22.2. The Kier molecular flexibility index (Phi) is 5.23. The topological polar surface area (TPSA) is 38.5 Å². The molecule has 1 aliphatic heterocycles. The van der Waals surface area contributed by atoms with Gasteiger partial charge in [-0.2, -0.15) is 0 Å². The molecule has 1 fully saturated rings. The Hall–Kier alpha value is -1.06. The zero-order valence-corrected chi connectivity index (χ0v) is 12.1. The third-order valence-corrected chi connectivity index (χ3v) is 4.09. The molecule has 0 aliphatic carbocycles. The van der Waals surface area contributed by atoms with Crippen LogP contribution in [0.25, 0.3) is 0 Å². The molecule has 2 unspecified atom stereocenters. The molecule has 1 saturated heterocycles. The minimum atomic E-state index is 0.427. The van der Waals surface area contributed by atoms with Crippen molar-refractivity contribution in [2.24, 2.45) is 11.7 Å². The molecule has 0 bridgehead atoms. The molecule has 106 valence electrons. The summed E-state index contributed by atoms with van der Waals surface area (Å²) in [5.74, 6) is 2.16. The monoisotopic (exact) mass is 262 g/mol. The van der Waals surface area contributed by atoms with E-state index in [-0.39, 0.29) is 0 Å². The molecule has 1 aromatic carbocycles. The number of hydrogen-bond acceptors (Lipinski definition) is 3. The minimum Gasteiger partial charge on any atom is -0.497 e. The highest BCUT2D eigenvalue weighted by Gasteiger charge is 2.20. The first-order valence-electron chi connectivity index (χ1n) is 7.29. The first kappa shape index (κ1) is 14.4. The number of methoxy groups -OCH3 is 1. The van der Waals surface area contributed by atoms with E-state index in [1.54, 1.807) is 7.11 Å². The van der Waals surface area contributed by atoms with Crippen LogP contribution in [0.5, 0.6) is 5.75 Å². The molecule has 1 aliphatic rings. The first-order chi connectivity index (χ1) is 9.22. The van der Waals surface area contributed by atoms with E-state index in [9.17, 15) is 0 Å². The third-order valence-electron chi connectivity index (χ3n) is 4.09. The van der Waals surface area contributed by atoms with E-state index in [0.717, 1.165) is 18.2 Å². The Morgan fingerprint density at radius 1 is 1.37 bits per heavy atom. The van der Waals surface area contributed by atoms with Gasteiger partial charge in [-0.3, -0.25) is 0 Å². The number of benzene rings is 1. The fourth-order valence-corrected chi connectivity index (χ4v) is 2.96. The van der Waals surface area contributed by atoms with Crippen LogP contribution in [0.2, 0.25) is 0 Å². The van der Waals surface area contributed by atoms with Gasteiger partial charge in [0, 0.05) is 25.6 Å². The van der Waals surface area contributed by atoms with Gasteiger partial charge in [0.25, 0.3) is 0 Å². The average Bonchev–Trinajstić information content (AvgIpc) is 2.45. The molecule has 0 spiro atoms. The number of nitrogens with two attached hydrogens (primary N) is 1. The average molecular weight is 262 g/mol. The second kappa shape index (κ2) is 6.92. The van der Waals surface area contributed by atoms with Crippen LogP contribution in [-0.2, 0) is 0 Å².